The number of aliphatic hydroxyl groups excluding tert-OH is 2. The topological polar surface area (TPSA) is 146 Å². The maximum Gasteiger partial charge on any atom is 0.497 e. The van der Waals surface area contributed by atoms with Crippen LogP contribution in [-0.4, -0.2) is 118 Å². The molecule has 0 fully saturated rings. The minimum absolute atomic E-state index is 0.0200. The second-order valence-electron chi connectivity index (χ2n) is 6.44. The van der Waals surface area contributed by atoms with Crippen LogP contribution in [0.2, 0.25) is 12.1 Å². The van der Waals surface area contributed by atoms with Gasteiger partial charge in [0.25, 0.3) is 0 Å². The molecule has 0 aliphatic rings. The lowest BCUT2D eigenvalue weighted by molar-refractivity contribution is -0.0563. The lowest BCUT2D eigenvalue weighted by atomic mass is 10.4. The summed E-state index contributed by atoms with van der Waals surface area (Å²) >= 11 is 0. The second-order valence-corrected chi connectivity index (χ2v) is 11.9. The minimum Gasteiger partial charge on any atom is -0.390 e. The van der Waals surface area contributed by atoms with Gasteiger partial charge in [-0.1, -0.05) is 0 Å². The summed E-state index contributed by atoms with van der Waals surface area (Å²) in [6, 6.07) is 0.744. The van der Waals surface area contributed by atoms with Gasteiger partial charge in [-0.2, -0.15) is 0 Å². The van der Waals surface area contributed by atoms with Crippen molar-refractivity contribution in [3.05, 3.63) is 0 Å². The third kappa shape index (κ3) is 14.6. The van der Waals surface area contributed by atoms with Gasteiger partial charge in [0, 0.05) is 53.7 Å². The fourth-order valence-electron chi connectivity index (χ4n) is 2.25. The Morgan fingerprint density at radius 2 is 0.897 bits per heavy atom. The fraction of sp³-hybridized carbons (Fsp3) is 1.00. The molecule has 0 aliphatic carbocycles. The summed E-state index contributed by atoms with van der Waals surface area (Å²) in [5.74, 6) is 0. The van der Waals surface area contributed by atoms with Gasteiger partial charge < -0.3 is 51.7 Å². The van der Waals surface area contributed by atoms with Gasteiger partial charge in [-0.25, -0.2) is 0 Å². The Hall–Kier alpha value is -0.00623. The normalized spacial score (nSPS) is 14.9. The molecule has 13 heteroatoms. The molecule has 0 amide bonds. The molecule has 0 heterocycles. The van der Waals surface area contributed by atoms with Crippen LogP contribution in [0, 0.1) is 0 Å². The number of hydrogen-bond donors (Lipinski definition) is 4. The molecule has 0 aromatic rings. The van der Waals surface area contributed by atoms with E-state index >= 15 is 0 Å². The molecule has 2 unspecified atom stereocenters. The van der Waals surface area contributed by atoms with Crippen molar-refractivity contribution < 1.29 is 51.7 Å². The van der Waals surface area contributed by atoms with Crippen molar-refractivity contribution in [3.63, 3.8) is 0 Å². The van der Waals surface area contributed by atoms with E-state index < -0.39 is 29.8 Å². The summed E-state index contributed by atoms with van der Waals surface area (Å²) in [5, 5.41) is 19.6. The second kappa shape index (κ2) is 16.7. The minimum atomic E-state index is -3.07. The Kier molecular flexibility index (Phi) is 16.7. The van der Waals surface area contributed by atoms with E-state index in [0.717, 1.165) is 0 Å². The molecule has 0 spiro atoms. The number of aliphatic hydroxyl groups is 2. The molecule has 4 N–H and O–H groups in total. The van der Waals surface area contributed by atoms with Crippen molar-refractivity contribution in [1.82, 2.24) is 0 Å². The van der Waals surface area contributed by atoms with Gasteiger partial charge in [0.2, 0.25) is 0 Å². The largest absolute Gasteiger partial charge is 0.497 e. The SMILES string of the molecule is CO[Si](O)(CCCOCC(O)COCC(O)COCCC[Si](O)(OC)OC)OC. The van der Waals surface area contributed by atoms with Crippen molar-refractivity contribution in [2.24, 2.45) is 0 Å². The van der Waals surface area contributed by atoms with E-state index in [1.807, 2.05) is 0 Å². The highest BCUT2D eigenvalue weighted by molar-refractivity contribution is 6.59. The van der Waals surface area contributed by atoms with Crippen LogP contribution < -0.4 is 0 Å². The first-order valence-corrected chi connectivity index (χ1v) is 13.4. The Labute approximate surface area is 175 Å². The predicted molar refractivity (Wildman–Crippen MR) is 107 cm³/mol. The molecule has 29 heavy (non-hydrogen) atoms. The third-order valence-electron chi connectivity index (χ3n) is 4.08. The summed E-state index contributed by atoms with van der Waals surface area (Å²) in [6.45, 7) is 0.897. The zero-order chi connectivity index (χ0) is 22.2. The van der Waals surface area contributed by atoms with Crippen molar-refractivity contribution >= 4 is 17.6 Å². The zero-order valence-corrected chi connectivity index (χ0v) is 19.9. The van der Waals surface area contributed by atoms with Crippen LogP contribution in [0.15, 0.2) is 0 Å². The highest BCUT2D eigenvalue weighted by Crippen LogP contribution is 2.11. The highest BCUT2D eigenvalue weighted by Gasteiger charge is 2.34. The summed E-state index contributed by atoms with van der Waals surface area (Å²) in [5.41, 5.74) is 0. The van der Waals surface area contributed by atoms with Crippen LogP contribution in [0.25, 0.3) is 0 Å². The summed E-state index contributed by atoms with van der Waals surface area (Å²) in [4.78, 5) is 19.7. The van der Waals surface area contributed by atoms with Gasteiger partial charge in [0.1, 0.15) is 12.2 Å². The number of hydrogen-bond acceptors (Lipinski definition) is 11. The molecule has 0 rings (SSSR count). The summed E-state index contributed by atoms with van der Waals surface area (Å²) < 4.78 is 35.7. The van der Waals surface area contributed by atoms with E-state index in [9.17, 15) is 19.8 Å². The third-order valence-corrected chi connectivity index (χ3v) is 8.60. The smallest absolute Gasteiger partial charge is 0.390 e. The van der Waals surface area contributed by atoms with Crippen molar-refractivity contribution in [2.75, 3.05) is 68.1 Å². The summed E-state index contributed by atoms with van der Waals surface area (Å²) in [6.07, 6.45) is -0.560. The van der Waals surface area contributed by atoms with Gasteiger partial charge in [-0.05, 0) is 12.8 Å². The molecular weight excluding hydrogens is 424 g/mol. The molecular formula is C16H38O11Si2. The van der Waals surface area contributed by atoms with Crippen LogP contribution in [0.1, 0.15) is 12.8 Å². The molecule has 11 nitrogen and oxygen atoms in total. The first-order chi connectivity index (χ1) is 13.7. The van der Waals surface area contributed by atoms with Crippen molar-refractivity contribution in [2.45, 2.75) is 37.1 Å². The molecule has 0 saturated heterocycles. The standard InChI is InChI=1S/C16H38O11Si2/c1-21-28(19,22-2)9-5-7-25-11-15(17)13-27-14-16(18)12-26-8-6-10-29(20,23-3)24-4/h15-20H,5-14H2,1-4H3. The molecule has 0 bridgehead atoms. The number of ether oxygens (including phenoxy) is 3. The Bertz CT molecular complexity index is 350. The zero-order valence-electron chi connectivity index (χ0n) is 17.9. The Morgan fingerprint density at radius 3 is 1.21 bits per heavy atom. The molecule has 0 radical (unpaired) electrons. The van der Waals surface area contributed by atoms with Crippen LogP contribution >= 0.6 is 0 Å². The first-order valence-electron chi connectivity index (χ1n) is 9.49. The number of rotatable bonds is 20. The monoisotopic (exact) mass is 462 g/mol. The van der Waals surface area contributed by atoms with Crippen molar-refractivity contribution in [1.29, 1.82) is 0 Å². The fourth-order valence-corrected chi connectivity index (χ4v) is 4.58. The van der Waals surface area contributed by atoms with Crippen LogP contribution in [0.4, 0.5) is 0 Å². The van der Waals surface area contributed by atoms with E-state index in [0.29, 0.717) is 38.1 Å². The maximum atomic E-state index is 9.87. The Morgan fingerprint density at radius 1 is 0.586 bits per heavy atom. The molecule has 0 aromatic heterocycles. The molecule has 0 aromatic carbocycles. The highest BCUT2D eigenvalue weighted by atomic mass is 28.4. The first kappa shape index (κ1) is 29.0. The van der Waals surface area contributed by atoms with Crippen LogP contribution in [0.3, 0.4) is 0 Å². The van der Waals surface area contributed by atoms with Gasteiger partial charge in [-0.3, -0.25) is 0 Å². The van der Waals surface area contributed by atoms with Gasteiger partial charge >= 0.3 is 17.6 Å². The van der Waals surface area contributed by atoms with E-state index in [1.54, 1.807) is 0 Å². The van der Waals surface area contributed by atoms with E-state index in [2.05, 4.69) is 0 Å². The van der Waals surface area contributed by atoms with Crippen LogP contribution in [0.5, 0.6) is 0 Å². The summed E-state index contributed by atoms with van der Waals surface area (Å²) in [7, 11) is -0.521. The van der Waals surface area contributed by atoms with Gasteiger partial charge in [0.05, 0.1) is 26.4 Å². The average Bonchev–Trinajstić information content (AvgIpc) is 2.72. The van der Waals surface area contributed by atoms with Gasteiger partial charge in [0.15, 0.2) is 0 Å². The Balaban J connectivity index is 3.62. The quantitative estimate of drug-likeness (QED) is 0.130. The predicted octanol–water partition coefficient (Wildman–Crippen LogP) is -1.01. The van der Waals surface area contributed by atoms with E-state index in [1.165, 1.54) is 28.4 Å². The van der Waals surface area contributed by atoms with E-state index in [-0.39, 0.29) is 26.4 Å². The maximum absolute atomic E-state index is 9.87. The molecule has 2 atom stereocenters. The molecule has 0 saturated carbocycles. The van der Waals surface area contributed by atoms with Crippen LogP contribution in [-0.2, 0) is 31.9 Å². The van der Waals surface area contributed by atoms with Gasteiger partial charge in [-0.15, -0.1) is 0 Å². The lowest BCUT2D eigenvalue weighted by Gasteiger charge is -2.20. The average molecular weight is 463 g/mol. The van der Waals surface area contributed by atoms with Crippen molar-refractivity contribution in [3.8, 4) is 0 Å². The lowest BCUT2D eigenvalue weighted by Crippen LogP contribution is -2.40. The molecule has 0 aliphatic heterocycles. The molecule has 176 valence electrons. The van der Waals surface area contributed by atoms with E-state index in [4.69, 9.17) is 31.9 Å².